The van der Waals surface area contributed by atoms with Gasteiger partial charge in [-0.1, -0.05) is 48.5 Å². The van der Waals surface area contributed by atoms with Gasteiger partial charge in [-0.25, -0.2) is 9.55 Å². The molecule has 2 heteroatoms. The lowest BCUT2D eigenvalue weighted by Gasteiger charge is -2.03. The van der Waals surface area contributed by atoms with Gasteiger partial charge in [0.2, 0.25) is 0 Å². The molecule has 0 saturated heterocycles. The number of imidazole rings is 1. The number of nitrogens with one attached hydrogen (secondary N) is 1. The quantitative estimate of drug-likeness (QED) is 0.533. The molecule has 0 bridgehead atoms. The Morgan fingerprint density at radius 3 is 2.52 bits per heavy atom. The number of hydrogen-bond acceptors (Lipinski definition) is 0. The van der Waals surface area contributed by atoms with Gasteiger partial charge in [0, 0.05) is 6.92 Å². The predicted molar refractivity (Wildman–Crippen MR) is 86.3 cm³/mol. The normalized spacial score (nSPS) is 11.3. The van der Waals surface area contributed by atoms with Gasteiger partial charge in [-0.2, -0.15) is 0 Å². The molecule has 0 unspecified atom stereocenters. The molecular weight excluding hydrogens is 256 g/mol. The summed E-state index contributed by atoms with van der Waals surface area (Å²) in [5.74, 6) is 1.18. The molecule has 0 spiro atoms. The van der Waals surface area contributed by atoms with Gasteiger partial charge in [-0.3, -0.25) is 0 Å². The van der Waals surface area contributed by atoms with Crippen molar-refractivity contribution in [3.8, 4) is 0 Å². The van der Waals surface area contributed by atoms with Crippen molar-refractivity contribution in [2.75, 3.05) is 0 Å². The summed E-state index contributed by atoms with van der Waals surface area (Å²) in [6.45, 7) is 3.02. The highest BCUT2D eigenvalue weighted by Crippen LogP contribution is 2.16. The lowest BCUT2D eigenvalue weighted by Crippen LogP contribution is -2.36. The van der Waals surface area contributed by atoms with Crippen LogP contribution in [0.2, 0.25) is 0 Å². The number of H-pyrrole nitrogens is 1. The molecule has 2 nitrogen and oxygen atoms in total. The van der Waals surface area contributed by atoms with E-state index in [9.17, 15) is 0 Å². The Kier molecular flexibility index (Phi) is 2.74. The fourth-order valence-electron chi connectivity index (χ4n) is 2.98. The molecule has 0 saturated carbocycles. The van der Waals surface area contributed by atoms with Gasteiger partial charge in [-0.15, -0.1) is 0 Å². The van der Waals surface area contributed by atoms with E-state index in [1.165, 1.54) is 33.2 Å². The molecule has 3 aromatic carbocycles. The van der Waals surface area contributed by atoms with Gasteiger partial charge in [-0.05, 0) is 34.5 Å². The van der Waals surface area contributed by atoms with E-state index < -0.39 is 0 Å². The average Bonchev–Trinajstić information content (AvgIpc) is 2.83. The van der Waals surface area contributed by atoms with Gasteiger partial charge in [0.25, 0.3) is 5.82 Å². The monoisotopic (exact) mass is 273 g/mol. The molecule has 0 amide bonds. The maximum Gasteiger partial charge on any atom is 0.252 e. The Bertz CT molecular complexity index is 935. The third-order valence-electron chi connectivity index (χ3n) is 4.07. The Morgan fingerprint density at radius 2 is 1.62 bits per heavy atom. The van der Waals surface area contributed by atoms with Crippen molar-refractivity contribution in [3.05, 3.63) is 78.1 Å². The zero-order valence-electron chi connectivity index (χ0n) is 12.0. The zero-order chi connectivity index (χ0) is 14.2. The molecule has 21 heavy (non-hydrogen) atoms. The van der Waals surface area contributed by atoms with E-state index in [0.29, 0.717) is 0 Å². The van der Waals surface area contributed by atoms with Gasteiger partial charge >= 0.3 is 0 Å². The molecule has 0 aliphatic carbocycles. The number of fused-ring (bicyclic) bond motifs is 2. The third-order valence-corrected chi connectivity index (χ3v) is 4.07. The van der Waals surface area contributed by atoms with E-state index in [-0.39, 0.29) is 0 Å². The number of rotatable bonds is 2. The predicted octanol–water partition coefficient (Wildman–Crippen LogP) is 3.97. The Balaban J connectivity index is 1.80. The van der Waals surface area contributed by atoms with Crippen LogP contribution < -0.4 is 4.57 Å². The summed E-state index contributed by atoms with van der Waals surface area (Å²) in [5, 5.41) is 2.59. The molecule has 0 fully saturated rings. The lowest BCUT2D eigenvalue weighted by atomic mass is 10.1. The average molecular weight is 273 g/mol. The van der Waals surface area contributed by atoms with Gasteiger partial charge in [0.15, 0.2) is 11.0 Å². The standard InChI is InChI=1S/C19H16N2/c1-14-20-18-8-4-5-9-19(18)21(14)13-15-10-11-16-6-2-3-7-17(16)12-15/h2-12H,13H2,1H3/p+1. The third kappa shape index (κ3) is 2.09. The molecule has 0 aliphatic heterocycles. The summed E-state index contributed by atoms with van der Waals surface area (Å²) in [6.07, 6.45) is 0. The fraction of sp³-hybridized carbons (Fsp3) is 0.105. The number of aromatic amines is 1. The molecule has 0 atom stereocenters. The number of benzene rings is 3. The van der Waals surface area contributed by atoms with Crippen molar-refractivity contribution in [1.82, 2.24) is 4.98 Å². The van der Waals surface area contributed by atoms with E-state index in [2.05, 4.69) is 83.2 Å². The molecule has 4 aromatic rings. The Hall–Kier alpha value is -2.61. The minimum absolute atomic E-state index is 0.890. The van der Waals surface area contributed by atoms with E-state index in [1.54, 1.807) is 0 Å². The Morgan fingerprint density at radius 1 is 0.857 bits per heavy atom. The summed E-state index contributed by atoms with van der Waals surface area (Å²) < 4.78 is 2.33. The van der Waals surface area contributed by atoms with Crippen LogP contribution in [0.4, 0.5) is 0 Å². The van der Waals surface area contributed by atoms with E-state index in [1.807, 2.05) is 0 Å². The highest BCUT2D eigenvalue weighted by Gasteiger charge is 2.14. The minimum Gasteiger partial charge on any atom is -0.241 e. The Labute approximate surface area is 123 Å². The minimum atomic E-state index is 0.890. The van der Waals surface area contributed by atoms with Crippen LogP contribution in [0.15, 0.2) is 66.7 Å². The number of nitrogens with zero attached hydrogens (tertiary/aromatic N) is 1. The van der Waals surface area contributed by atoms with Crippen molar-refractivity contribution in [1.29, 1.82) is 0 Å². The van der Waals surface area contributed by atoms with Crippen LogP contribution in [0.3, 0.4) is 0 Å². The van der Waals surface area contributed by atoms with Crippen LogP contribution in [-0.4, -0.2) is 4.98 Å². The number of aryl methyl sites for hydroxylation is 1. The van der Waals surface area contributed by atoms with Crippen molar-refractivity contribution in [2.45, 2.75) is 13.5 Å². The maximum atomic E-state index is 3.45. The van der Waals surface area contributed by atoms with Crippen LogP contribution in [0.25, 0.3) is 21.8 Å². The first-order valence-corrected chi connectivity index (χ1v) is 7.26. The van der Waals surface area contributed by atoms with Crippen molar-refractivity contribution < 1.29 is 4.57 Å². The molecular formula is C19H17N2+. The van der Waals surface area contributed by atoms with E-state index in [4.69, 9.17) is 0 Å². The largest absolute Gasteiger partial charge is 0.252 e. The van der Waals surface area contributed by atoms with Gasteiger partial charge in [0.1, 0.15) is 6.54 Å². The van der Waals surface area contributed by atoms with Crippen molar-refractivity contribution >= 4 is 21.8 Å². The molecule has 0 aliphatic rings. The number of hydrogen-bond donors (Lipinski definition) is 1. The summed E-state index contributed by atoms with van der Waals surface area (Å²) in [6, 6.07) is 23.7. The second kappa shape index (κ2) is 4.74. The van der Waals surface area contributed by atoms with Crippen molar-refractivity contribution in [2.24, 2.45) is 0 Å². The lowest BCUT2D eigenvalue weighted by molar-refractivity contribution is -0.668. The maximum absolute atomic E-state index is 3.45. The van der Waals surface area contributed by atoms with Gasteiger partial charge in [0.05, 0.1) is 0 Å². The highest BCUT2D eigenvalue weighted by atomic mass is 15.1. The summed E-state index contributed by atoms with van der Waals surface area (Å²) >= 11 is 0. The molecule has 1 heterocycles. The molecule has 0 radical (unpaired) electrons. The van der Waals surface area contributed by atoms with Crippen LogP contribution in [0.5, 0.6) is 0 Å². The second-order valence-electron chi connectivity index (χ2n) is 5.50. The molecule has 1 aromatic heterocycles. The summed E-state index contributed by atoms with van der Waals surface area (Å²) in [5.41, 5.74) is 3.77. The first kappa shape index (κ1) is 12.2. The topological polar surface area (TPSA) is 19.7 Å². The summed E-state index contributed by atoms with van der Waals surface area (Å²) in [7, 11) is 0. The van der Waals surface area contributed by atoms with Gasteiger partial charge < -0.3 is 0 Å². The smallest absolute Gasteiger partial charge is 0.241 e. The first-order chi connectivity index (χ1) is 10.3. The highest BCUT2D eigenvalue weighted by molar-refractivity contribution is 5.83. The second-order valence-corrected chi connectivity index (χ2v) is 5.50. The van der Waals surface area contributed by atoms with Crippen LogP contribution >= 0.6 is 0 Å². The first-order valence-electron chi connectivity index (χ1n) is 7.26. The fourth-order valence-corrected chi connectivity index (χ4v) is 2.98. The van der Waals surface area contributed by atoms with Crippen LogP contribution in [0, 0.1) is 6.92 Å². The number of aromatic nitrogens is 2. The van der Waals surface area contributed by atoms with Crippen LogP contribution in [0.1, 0.15) is 11.4 Å². The van der Waals surface area contributed by atoms with E-state index in [0.717, 1.165) is 6.54 Å². The van der Waals surface area contributed by atoms with Crippen molar-refractivity contribution in [3.63, 3.8) is 0 Å². The molecule has 1 N–H and O–H groups in total. The SMILES string of the molecule is Cc1[nH]c2ccccc2[n+]1Cc1ccc2ccccc2c1. The molecule has 102 valence electrons. The molecule has 4 rings (SSSR count). The summed E-state index contributed by atoms with van der Waals surface area (Å²) in [4.78, 5) is 3.45. The van der Waals surface area contributed by atoms with E-state index >= 15 is 0 Å². The van der Waals surface area contributed by atoms with Crippen LogP contribution in [-0.2, 0) is 6.54 Å². The zero-order valence-corrected chi connectivity index (χ0v) is 12.0. The number of para-hydroxylation sites is 2.